The molecule has 1 aliphatic carbocycles. The first-order valence-corrected chi connectivity index (χ1v) is 9.08. The van der Waals surface area contributed by atoms with E-state index in [1.165, 1.54) is 32.1 Å². The molecule has 5 heteroatoms. The molecule has 1 fully saturated rings. The maximum absolute atomic E-state index is 5.34. The minimum Gasteiger partial charge on any atom is -0.382 e. The van der Waals surface area contributed by atoms with Crippen LogP contribution in [0.4, 0.5) is 0 Å². The molecule has 0 amide bonds. The molecule has 0 aliphatic heterocycles. The van der Waals surface area contributed by atoms with Gasteiger partial charge < -0.3 is 20.3 Å². The number of nitrogens with zero attached hydrogens (tertiary/aromatic N) is 2. The van der Waals surface area contributed by atoms with Crippen molar-refractivity contribution in [2.75, 3.05) is 46.4 Å². The Morgan fingerprint density at radius 3 is 2.64 bits per heavy atom. The van der Waals surface area contributed by atoms with E-state index in [0.29, 0.717) is 0 Å². The van der Waals surface area contributed by atoms with Gasteiger partial charge >= 0.3 is 0 Å². The van der Waals surface area contributed by atoms with E-state index in [4.69, 9.17) is 4.74 Å². The van der Waals surface area contributed by atoms with Gasteiger partial charge in [-0.2, -0.15) is 0 Å². The number of nitrogens with one attached hydrogen (secondary N) is 2. The van der Waals surface area contributed by atoms with Gasteiger partial charge in [-0.25, -0.2) is 0 Å². The largest absolute Gasteiger partial charge is 0.382 e. The van der Waals surface area contributed by atoms with Gasteiger partial charge in [0.05, 0.1) is 0 Å². The van der Waals surface area contributed by atoms with E-state index in [2.05, 4.69) is 34.5 Å². The van der Waals surface area contributed by atoms with E-state index < -0.39 is 0 Å². The fourth-order valence-electron chi connectivity index (χ4n) is 2.90. The SMILES string of the molecule is CCNC(=NCCCOCC)NCCN(C)C1CCCCC1. The van der Waals surface area contributed by atoms with E-state index in [9.17, 15) is 0 Å². The fourth-order valence-corrected chi connectivity index (χ4v) is 2.90. The average molecular weight is 313 g/mol. The minimum atomic E-state index is 0.779. The van der Waals surface area contributed by atoms with Crippen molar-refractivity contribution < 1.29 is 4.74 Å². The first-order chi connectivity index (χ1) is 10.8. The van der Waals surface area contributed by atoms with Crippen LogP contribution in [0.3, 0.4) is 0 Å². The average Bonchev–Trinajstić information content (AvgIpc) is 2.55. The fraction of sp³-hybridized carbons (Fsp3) is 0.941. The lowest BCUT2D eigenvalue weighted by atomic mass is 9.94. The van der Waals surface area contributed by atoms with Crippen molar-refractivity contribution in [3.05, 3.63) is 0 Å². The highest BCUT2D eigenvalue weighted by atomic mass is 16.5. The van der Waals surface area contributed by atoms with Gasteiger partial charge in [-0.05, 0) is 40.2 Å². The molecule has 0 saturated heterocycles. The molecule has 0 aromatic heterocycles. The van der Waals surface area contributed by atoms with E-state index in [-0.39, 0.29) is 0 Å². The molecule has 0 radical (unpaired) electrons. The summed E-state index contributed by atoms with van der Waals surface area (Å²) in [4.78, 5) is 7.10. The lowest BCUT2D eigenvalue weighted by molar-refractivity contribution is 0.146. The third-order valence-electron chi connectivity index (χ3n) is 4.22. The van der Waals surface area contributed by atoms with Gasteiger partial charge in [-0.3, -0.25) is 4.99 Å². The topological polar surface area (TPSA) is 48.9 Å². The zero-order chi connectivity index (χ0) is 16.0. The molecule has 0 aromatic carbocycles. The number of ether oxygens (including phenoxy) is 1. The molecule has 0 bridgehead atoms. The Kier molecular flexibility index (Phi) is 11.1. The summed E-state index contributed by atoms with van der Waals surface area (Å²) in [5.74, 6) is 0.927. The highest BCUT2D eigenvalue weighted by Crippen LogP contribution is 2.21. The Hall–Kier alpha value is -0.810. The van der Waals surface area contributed by atoms with Gasteiger partial charge in [-0.1, -0.05) is 19.3 Å². The molecule has 0 aromatic rings. The summed E-state index contributed by atoms with van der Waals surface area (Å²) < 4.78 is 5.34. The number of rotatable bonds is 10. The van der Waals surface area contributed by atoms with Gasteiger partial charge in [0.25, 0.3) is 0 Å². The second kappa shape index (κ2) is 12.7. The summed E-state index contributed by atoms with van der Waals surface area (Å²) >= 11 is 0. The van der Waals surface area contributed by atoms with Gasteiger partial charge in [0.1, 0.15) is 0 Å². The van der Waals surface area contributed by atoms with Crippen molar-refractivity contribution >= 4 is 5.96 Å². The normalized spacial score (nSPS) is 17.0. The predicted molar refractivity (Wildman–Crippen MR) is 94.6 cm³/mol. The standard InChI is InChI=1S/C17H36N4O/c1-4-18-17(19-12-9-15-22-5-2)20-13-14-21(3)16-10-7-6-8-11-16/h16H,4-15H2,1-3H3,(H2,18,19,20). The second-order valence-corrected chi connectivity index (χ2v) is 6.01. The molecule has 0 spiro atoms. The monoisotopic (exact) mass is 312 g/mol. The van der Waals surface area contributed by atoms with Crippen molar-refractivity contribution in [3.8, 4) is 0 Å². The molecule has 1 saturated carbocycles. The van der Waals surface area contributed by atoms with Crippen LogP contribution in [0.15, 0.2) is 4.99 Å². The Bertz CT molecular complexity index is 290. The Balaban J connectivity index is 2.20. The lowest BCUT2D eigenvalue weighted by Crippen LogP contribution is -2.43. The van der Waals surface area contributed by atoms with Crippen molar-refractivity contribution in [2.45, 2.75) is 58.4 Å². The quantitative estimate of drug-likeness (QED) is 0.369. The van der Waals surface area contributed by atoms with Crippen molar-refractivity contribution in [2.24, 2.45) is 4.99 Å². The molecular weight excluding hydrogens is 276 g/mol. The smallest absolute Gasteiger partial charge is 0.191 e. The van der Waals surface area contributed by atoms with Gasteiger partial charge in [0, 0.05) is 45.4 Å². The highest BCUT2D eigenvalue weighted by Gasteiger charge is 2.17. The molecule has 0 atom stereocenters. The van der Waals surface area contributed by atoms with Crippen LogP contribution in [0, 0.1) is 0 Å². The Morgan fingerprint density at radius 1 is 1.18 bits per heavy atom. The summed E-state index contributed by atoms with van der Waals surface area (Å²) in [6, 6.07) is 0.779. The second-order valence-electron chi connectivity index (χ2n) is 6.01. The van der Waals surface area contributed by atoms with Crippen LogP contribution in [-0.4, -0.2) is 63.3 Å². The summed E-state index contributed by atoms with van der Waals surface area (Å²) in [7, 11) is 2.25. The highest BCUT2D eigenvalue weighted by molar-refractivity contribution is 5.79. The first-order valence-electron chi connectivity index (χ1n) is 9.08. The minimum absolute atomic E-state index is 0.779. The van der Waals surface area contributed by atoms with Crippen LogP contribution in [0.25, 0.3) is 0 Å². The lowest BCUT2D eigenvalue weighted by Gasteiger charge is -2.31. The summed E-state index contributed by atoms with van der Waals surface area (Å²) in [6.45, 7) is 9.45. The summed E-state index contributed by atoms with van der Waals surface area (Å²) in [5.41, 5.74) is 0. The number of aliphatic imine (C=N–C) groups is 1. The zero-order valence-corrected chi connectivity index (χ0v) is 14.9. The summed E-state index contributed by atoms with van der Waals surface area (Å²) in [6.07, 6.45) is 7.91. The molecule has 5 nitrogen and oxygen atoms in total. The molecule has 2 N–H and O–H groups in total. The van der Waals surface area contributed by atoms with Crippen molar-refractivity contribution in [3.63, 3.8) is 0 Å². The van der Waals surface area contributed by atoms with E-state index in [1.54, 1.807) is 0 Å². The van der Waals surface area contributed by atoms with Crippen molar-refractivity contribution in [1.29, 1.82) is 0 Å². The Morgan fingerprint density at radius 2 is 1.95 bits per heavy atom. The van der Waals surface area contributed by atoms with Gasteiger partial charge in [0.15, 0.2) is 5.96 Å². The number of guanidine groups is 1. The van der Waals surface area contributed by atoms with Crippen LogP contribution in [0.5, 0.6) is 0 Å². The maximum Gasteiger partial charge on any atom is 0.191 e. The third-order valence-corrected chi connectivity index (χ3v) is 4.22. The molecule has 0 unspecified atom stereocenters. The van der Waals surface area contributed by atoms with Crippen LogP contribution in [0.2, 0.25) is 0 Å². The van der Waals surface area contributed by atoms with Crippen LogP contribution < -0.4 is 10.6 Å². The molecule has 1 aliphatic rings. The zero-order valence-electron chi connectivity index (χ0n) is 14.9. The Labute approximate surface area is 136 Å². The van der Waals surface area contributed by atoms with Crippen molar-refractivity contribution in [1.82, 2.24) is 15.5 Å². The molecule has 1 rings (SSSR count). The van der Waals surface area contributed by atoms with Crippen LogP contribution >= 0.6 is 0 Å². The van der Waals surface area contributed by atoms with E-state index >= 15 is 0 Å². The van der Waals surface area contributed by atoms with Gasteiger partial charge in [0.2, 0.25) is 0 Å². The maximum atomic E-state index is 5.34. The van der Waals surface area contributed by atoms with Crippen LogP contribution in [0.1, 0.15) is 52.4 Å². The molecule has 130 valence electrons. The van der Waals surface area contributed by atoms with Gasteiger partial charge in [-0.15, -0.1) is 0 Å². The number of hydrogen-bond donors (Lipinski definition) is 2. The number of likely N-dealkylation sites (N-methyl/N-ethyl adjacent to an activating group) is 1. The van der Waals surface area contributed by atoms with Crippen LogP contribution in [-0.2, 0) is 4.74 Å². The predicted octanol–water partition coefficient (Wildman–Crippen LogP) is 2.23. The first kappa shape index (κ1) is 19.2. The molecular formula is C17H36N4O. The summed E-state index contributed by atoms with van der Waals surface area (Å²) in [5, 5.41) is 6.74. The molecule has 0 heterocycles. The number of hydrogen-bond acceptors (Lipinski definition) is 3. The van der Waals surface area contributed by atoms with E-state index in [1.807, 2.05) is 6.92 Å². The third kappa shape index (κ3) is 8.59. The van der Waals surface area contributed by atoms with E-state index in [0.717, 1.165) is 57.8 Å². The molecule has 22 heavy (non-hydrogen) atoms.